The quantitative estimate of drug-likeness (QED) is 0.173. The number of unbranched alkanes of at least 4 members (excludes halogenated alkanes) is 5. The Kier molecular flexibility index (Phi) is 15.5. The predicted molar refractivity (Wildman–Crippen MR) is 140 cm³/mol. The molecule has 0 bridgehead atoms. The fourth-order valence-corrected chi connectivity index (χ4v) is 4.02. The van der Waals surface area contributed by atoms with Crippen LogP contribution in [0.1, 0.15) is 86.5 Å². The van der Waals surface area contributed by atoms with Gasteiger partial charge in [-0.3, -0.25) is 19.2 Å². The molecule has 0 radical (unpaired) electrons. The highest BCUT2D eigenvalue weighted by molar-refractivity contribution is 5.70. The zero-order chi connectivity index (χ0) is 30.3. The maximum atomic E-state index is 12.7. The molecule has 0 spiro atoms. The van der Waals surface area contributed by atoms with Crippen molar-refractivity contribution in [1.82, 2.24) is 5.32 Å². The van der Waals surface area contributed by atoms with Crippen molar-refractivity contribution in [3.8, 4) is 0 Å². The van der Waals surface area contributed by atoms with Crippen molar-refractivity contribution in [3.63, 3.8) is 0 Å². The van der Waals surface area contributed by atoms with Crippen LogP contribution in [0.15, 0.2) is 0 Å². The number of esters is 4. The normalized spacial score (nSPS) is 22.5. The molecule has 0 aromatic rings. The van der Waals surface area contributed by atoms with Gasteiger partial charge < -0.3 is 38.5 Å². The van der Waals surface area contributed by atoms with Crippen molar-refractivity contribution in [2.24, 2.45) is 0 Å². The third-order valence-electron chi connectivity index (χ3n) is 5.67. The Morgan fingerprint density at radius 3 is 1.93 bits per heavy atom. The van der Waals surface area contributed by atoms with Gasteiger partial charge in [0.2, 0.25) is 0 Å². The minimum absolute atomic E-state index is 0.217. The summed E-state index contributed by atoms with van der Waals surface area (Å²) in [7, 11) is 1.37. The van der Waals surface area contributed by atoms with E-state index in [4.69, 9.17) is 28.4 Å². The Morgan fingerprint density at radius 1 is 0.800 bits per heavy atom. The first-order valence-corrected chi connectivity index (χ1v) is 13.5. The van der Waals surface area contributed by atoms with E-state index in [-0.39, 0.29) is 19.2 Å². The molecule has 230 valence electrons. The van der Waals surface area contributed by atoms with Crippen LogP contribution in [0.5, 0.6) is 0 Å². The lowest BCUT2D eigenvalue weighted by atomic mass is 9.96. The fraction of sp³-hybridized carbons (Fsp3) is 0.815. The molecule has 1 rings (SSSR count). The first-order chi connectivity index (χ1) is 18.7. The molecule has 1 aliphatic rings. The number of amides is 1. The van der Waals surface area contributed by atoms with Crippen molar-refractivity contribution >= 4 is 30.0 Å². The van der Waals surface area contributed by atoms with Crippen LogP contribution in [-0.4, -0.2) is 86.5 Å². The van der Waals surface area contributed by atoms with E-state index in [1.54, 1.807) is 20.8 Å². The first kappa shape index (κ1) is 35.1. The lowest BCUT2D eigenvalue weighted by Crippen LogP contribution is -2.67. The highest BCUT2D eigenvalue weighted by atomic mass is 16.7. The molecular weight excluding hydrogens is 530 g/mol. The minimum Gasteiger partial charge on any atom is -0.469 e. The van der Waals surface area contributed by atoms with Gasteiger partial charge in [-0.25, -0.2) is 4.79 Å². The van der Waals surface area contributed by atoms with Gasteiger partial charge in [0, 0.05) is 33.8 Å². The second-order valence-electron chi connectivity index (χ2n) is 10.5. The molecule has 0 saturated carbocycles. The number of carbonyl (C=O) groups is 5. The molecule has 13 nitrogen and oxygen atoms in total. The van der Waals surface area contributed by atoms with E-state index >= 15 is 0 Å². The number of nitrogens with one attached hydrogen (secondary N) is 1. The largest absolute Gasteiger partial charge is 0.469 e. The van der Waals surface area contributed by atoms with Gasteiger partial charge in [0.25, 0.3) is 0 Å². The molecule has 5 atom stereocenters. The van der Waals surface area contributed by atoms with Crippen LogP contribution in [0.3, 0.4) is 0 Å². The van der Waals surface area contributed by atoms with E-state index in [9.17, 15) is 24.0 Å². The summed E-state index contributed by atoms with van der Waals surface area (Å²) in [4.78, 5) is 59.3. The summed E-state index contributed by atoms with van der Waals surface area (Å²) >= 11 is 0. The fourth-order valence-electron chi connectivity index (χ4n) is 4.02. The molecular formula is C27H45NO12. The molecule has 0 aromatic heterocycles. The molecule has 1 N–H and O–H groups in total. The highest BCUT2D eigenvalue weighted by Gasteiger charge is 2.51. The molecule has 40 heavy (non-hydrogen) atoms. The smallest absolute Gasteiger partial charge is 0.408 e. The zero-order valence-electron chi connectivity index (χ0n) is 24.6. The van der Waals surface area contributed by atoms with E-state index in [1.165, 1.54) is 27.9 Å². The standard InChI is InChI=1S/C27H45NO12/c1-17(29)36-16-20-23(37-18(2)30)24(38-19(3)31)22(28-26(33)40-27(4,5)6)25(39-20)35-15-13-11-9-8-10-12-14-21(32)34-7/h20,22-25H,8-16H2,1-7H3,(H,28,33)/t20-,22-,23-,24-,25+/m1/s1. The average molecular weight is 576 g/mol. The van der Waals surface area contributed by atoms with E-state index < -0.39 is 60.2 Å². The number of ether oxygens (including phenoxy) is 7. The maximum Gasteiger partial charge on any atom is 0.408 e. The Labute approximate surface area is 235 Å². The summed E-state index contributed by atoms with van der Waals surface area (Å²) in [6.07, 6.45) is -0.0172. The Bertz CT molecular complexity index is 840. The Balaban J connectivity index is 2.99. The lowest BCUT2D eigenvalue weighted by Gasteiger charge is -2.45. The summed E-state index contributed by atoms with van der Waals surface area (Å²) in [6, 6.07) is -1.12. The SMILES string of the molecule is COC(=O)CCCCCCCCO[C@H]1O[C@H](COC(C)=O)[C@@H](OC(C)=O)[C@H](OC(C)=O)[C@H]1NC(=O)OC(C)(C)C. The Hall–Kier alpha value is -2.93. The zero-order valence-corrected chi connectivity index (χ0v) is 24.6. The number of carbonyl (C=O) groups excluding carboxylic acids is 5. The van der Waals surface area contributed by atoms with Crippen LogP contribution in [0.4, 0.5) is 4.79 Å². The molecule has 0 unspecified atom stereocenters. The van der Waals surface area contributed by atoms with Gasteiger partial charge in [0.1, 0.15) is 24.4 Å². The van der Waals surface area contributed by atoms with Crippen LogP contribution < -0.4 is 5.32 Å². The van der Waals surface area contributed by atoms with Gasteiger partial charge in [-0.2, -0.15) is 0 Å². The summed E-state index contributed by atoms with van der Waals surface area (Å²) in [5, 5.41) is 2.63. The molecule has 1 saturated heterocycles. The minimum atomic E-state index is -1.23. The second kappa shape index (κ2) is 17.7. The summed E-state index contributed by atoms with van der Waals surface area (Å²) in [5.74, 6) is -2.20. The van der Waals surface area contributed by atoms with E-state index in [0.29, 0.717) is 12.8 Å². The van der Waals surface area contributed by atoms with Crippen LogP contribution in [0, 0.1) is 0 Å². The first-order valence-electron chi connectivity index (χ1n) is 13.5. The van der Waals surface area contributed by atoms with Crippen molar-refractivity contribution in [1.29, 1.82) is 0 Å². The van der Waals surface area contributed by atoms with Crippen LogP contribution in [0.2, 0.25) is 0 Å². The molecule has 13 heteroatoms. The highest BCUT2D eigenvalue weighted by Crippen LogP contribution is 2.28. The van der Waals surface area contributed by atoms with Crippen molar-refractivity contribution in [2.75, 3.05) is 20.3 Å². The van der Waals surface area contributed by atoms with Crippen LogP contribution >= 0.6 is 0 Å². The Morgan fingerprint density at radius 2 is 1.38 bits per heavy atom. The third kappa shape index (κ3) is 14.5. The number of methoxy groups -OCH3 is 1. The van der Waals surface area contributed by atoms with Gasteiger partial charge in [0.05, 0.1) is 7.11 Å². The van der Waals surface area contributed by atoms with Gasteiger partial charge in [-0.15, -0.1) is 0 Å². The van der Waals surface area contributed by atoms with E-state index in [2.05, 4.69) is 10.1 Å². The maximum absolute atomic E-state index is 12.7. The molecule has 1 amide bonds. The second-order valence-corrected chi connectivity index (χ2v) is 10.5. The van der Waals surface area contributed by atoms with Crippen molar-refractivity contribution < 1.29 is 57.1 Å². The molecule has 1 heterocycles. The van der Waals surface area contributed by atoms with Gasteiger partial charge in [0.15, 0.2) is 18.5 Å². The summed E-state index contributed by atoms with van der Waals surface area (Å²) in [6.45, 7) is 8.55. The van der Waals surface area contributed by atoms with E-state index in [1.807, 2.05) is 0 Å². The number of rotatable bonds is 15. The van der Waals surface area contributed by atoms with Crippen LogP contribution in [0.25, 0.3) is 0 Å². The number of alkyl carbamates (subject to hydrolysis) is 1. The summed E-state index contributed by atoms with van der Waals surface area (Å²) in [5.41, 5.74) is -0.823. The van der Waals surface area contributed by atoms with Crippen LogP contribution in [-0.2, 0) is 52.3 Å². The molecule has 1 fully saturated rings. The number of hydrogen-bond acceptors (Lipinski definition) is 12. The van der Waals surface area contributed by atoms with Crippen molar-refractivity contribution in [3.05, 3.63) is 0 Å². The van der Waals surface area contributed by atoms with Gasteiger partial charge in [-0.05, 0) is 33.6 Å². The average Bonchev–Trinajstić information content (AvgIpc) is 2.83. The van der Waals surface area contributed by atoms with Gasteiger partial charge in [-0.1, -0.05) is 25.7 Å². The lowest BCUT2D eigenvalue weighted by molar-refractivity contribution is -0.277. The van der Waals surface area contributed by atoms with Crippen molar-refractivity contribution in [2.45, 2.75) is 123 Å². The molecule has 1 aliphatic heterocycles. The molecule has 0 aromatic carbocycles. The third-order valence-corrected chi connectivity index (χ3v) is 5.67. The molecule has 0 aliphatic carbocycles. The van der Waals surface area contributed by atoms with Gasteiger partial charge >= 0.3 is 30.0 Å². The topological polar surface area (TPSA) is 162 Å². The predicted octanol–water partition coefficient (Wildman–Crippen LogP) is 2.95. The summed E-state index contributed by atoms with van der Waals surface area (Å²) < 4.78 is 38.0. The van der Waals surface area contributed by atoms with E-state index in [0.717, 1.165) is 32.1 Å². The number of hydrogen-bond donors (Lipinski definition) is 1. The monoisotopic (exact) mass is 575 g/mol.